The minimum absolute atomic E-state index is 0.193. The van der Waals surface area contributed by atoms with E-state index in [1.54, 1.807) is 29.8 Å². The molecule has 0 radical (unpaired) electrons. The molecule has 1 aliphatic rings. The number of hydrogen-bond donors (Lipinski definition) is 0. The summed E-state index contributed by atoms with van der Waals surface area (Å²) in [5.74, 6) is 0.513. The van der Waals surface area contributed by atoms with Gasteiger partial charge in [0, 0.05) is 54.3 Å². The van der Waals surface area contributed by atoms with Gasteiger partial charge in [-0.15, -0.1) is 11.3 Å². The second-order valence-corrected chi connectivity index (χ2v) is 10.6. The van der Waals surface area contributed by atoms with Crippen LogP contribution in [0.4, 0.5) is 14.6 Å². The summed E-state index contributed by atoms with van der Waals surface area (Å²) in [6.07, 6.45) is 3.40. The molecule has 192 valence electrons. The molecular weight excluding hydrogens is 498 g/mol. The van der Waals surface area contributed by atoms with Crippen molar-refractivity contribution in [2.24, 2.45) is 0 Å². The number of rotatable bonds is 7. The molecular formula is C31H28F2N4S. The maximum Gasteiger partial charge on any atom is 0.141 e. The Morgan fingerprint density at radius 1 is 0.789 bits per heavy atom. The molecule has 2 aromatic heterocycles. The number of benzene rings is 3. The average molecular weight is 527 g/mol. The van der Waals surface area contributed by atoms with Crippen LogP contribution in [0.5, 0.6) is 0 Å². The minimum Gasteiger partial charge on any atom is -0.356 e. The summed E-state index contributed by atoms with van der Waals surface area (Å²) in [7, 11) is 0. The van der Waals surface area contributed by atoms with Crippen molar-refractivity contribution in [3.63, 3.8) is 0 Å². The van der Waals surface area contributed by atoms with Crippen LogP contribution >= 0.6 is 11.3 Å². The molecule has 0 atom stereocenters. The number of piperidine rings is 1. The van der Waals surface area contributed by atoms with Crippen molar-refractivity contribution in [3.05, 3.63) is 113 Å². The van der Waals surface area contributed by atoms with Gasteiger partial charge in [-0.3, -0.25) is 4.90 Å². The van der Waals surface area contributed by atoms with Crippen LogP contribution in [0.25, 0.3) is 21.3 Å². The van der Waals surface area contributed by atoms with E-state index in [-0.39, 0.29) is 17.7 Å². The van der Waals surface area contributed by atoms with E-state index in [4.69, 9.17) is 4.98 Å². The zero-order valence-corrected chi connectivity index (χ0v) is 21.7. The fraction of sp³-hybridized carbons (Fsp3) is 0.226. The lowest BCUT2D eigenvalue weighted by molar-refractivity contribution is 0.148. The van der Waals surface area contributed by atoms with E-state index in [1.165, 1.54) is 12.1 Å². The fourth-order valence-corrected chi connectivity index (χ4v) is 6.29. The van der Waals surface area contributed by atoms with Crippen LogP contribution in [-0.4, -0.2) is 34.0 Å². The van der Waals surface area contributed by atoms with E-state index in [0.717, 1.165) is 53.1 Å². The molecule has 7 heteroatoms. The molecule has 0 bridgehead atoms. The Hall–Kier alpha value is -3.68. The summed E-state index contributed by atoms with van der Waals surface area (Å²) in [5, 5.41) is 3.26. The van der Waals surface area contributed by atoms with Gasteiger partial charge in [0.15, 0.2) is 0 Å². The molecule has 0 spiro atoms. The van der Waals surface area contributed by atoms with E-state index in [9.17, 15) is 8.78 Å². The second kappa shape index (κ2) is 11.0. The predicted octanol–water partition coefficient (Wildman–Crippen LogP) is 7.31. The average Bonchev–Trinajstić information content (AvgIpc) is 3.40. The highest BCUT2D eigenvalue weighted by Crippen LogP contribution is 2.38. The van der Waals surface area contributed by atoms with Crippen molar-refractivity contribution in [1.29, 1.82) is 0 Å². The monoisotopic (exact) mass is 526 g/mol. The van der Waals surface area contributed by atoms with Gasteiger partial charge in [0.05, 0.1) is 5.39 Å². The van der Waals surface area contributed by atoms with Gasteiger partial charge in [0.2, 0.25) is 0 Å². The maximum absolute atomic E-state index is 14.6. The molecule has 0 N–H and O–H groups in total. The number of aromatic nitrogens is 2. The van der Waals surface area contributed by atoms with Gasteiger partial charge < -0.3 is 4.90 Å². The number of anilines is 1. The molecule has 1 saturated heterocycles. The number of thiophene rings is 1. The van der Waals surface area contributed by atoms with Gasteiger partial charge >= 0.3 is 0 Å². The zero-order valence-electron chi connectivity index (χ0n) is 20.9. The lowest BCUT2D eigenvalue weighted by atomic mass is 10.00. The highest BCUT2D eigenvalue weighted by molar-refractivity contribution is 7.17. The first-order valence-corrected chi connectivity index (χ1v) is 13.8. The van der Waals surface area contributed by atoms with Crippen LogP contribution in [0, 0.1) is 11.6 Å². The number of nitrogens with zero attached hydrogens (tertiary/aromatic N) is 4. The predicted molar refractivity (Wildman–Crippen MR) is 150 cm³/mol. The Morgan fingerprint density at radius 3 is 2.03 bits per heavy atom. The van der Waals surface area contributed by atoms with Gasteiger partial charge in [-0.25, -0.2) is 18.7 Å². The number of fused-ring (bicyclic) bond motifs is 1. The van der Waals surface area contributed by atoms with Crippen molar-refractivity contribution in [2.45, 2.75) is 32.0 Å². The summed E-state index contributed by atoms with van der Waals surface area (Å²) in [6.45, 7) is 2.50. The second-order valence-electron chi connectivity index (χ2n) is 9.70. The van der Waals surface area contributed by atoms with Crippen molar-refractivity contribution >= 4 is 27.4 Å². The smallest absolute Gasteiger partial charge is 0.141 e. The molecule has 4 nitrogen and oxygen atoms in total. The Morgan fingerprint density at radius 2 is 1.39 bits per heavy atom. The minimum atomic E-state index is -0.224. The van der Waals surface area contributed by atoms with E-state index in [1.807, 2.05) is 42.5 Å². The third kappa shape index (κ3) is 5.04. The van der Waals surface area contributed by atoms with Gasteiger partial charge in [0.25, 0.3) is 0 Å². The molecule has 0 amide bonds. The van der Waals surface area contributed by atoms with Crippen LogP contribution in [-0.2, 0) is 13.1 Å². The van der Waals surface area contributed by atoms with Gasteiger partial charge in [-0.2, -0.15) is 0 Å². The summed E-state index contributed by atoms with van der Waals surface area (Å²) in [4.78, 5) is 14.8. The maximum atomic E-state index is 14.6. The van der Waals surface area contributed by atoms with Crippen molar-refractivity contribution in [2.75, 3.05) is 18.0 Å². The highest BCUT2D eigenvalue weighted by atomic mass is 32.1. The third-order valence-electron chi connectivity index (χ3n) is 7.38. The van der Waals surface area contributed by atoms with Gasteiger partial charge in [-0.1, -0.05) is 66.7 Å². The highest BCUT2D eigenvalue weighted by Gasteiger charge is 2.28. The Bertz CT molecular complexity index is 1480. The number of halogens is 2. The van der Waals surface area contributed by atoms with Crippen molar-refractivity contribution < 1.29 is 8.78 Å². The van der Waals surface area contributed by atoms with Gasteiger partial charge in [0.1, 0.15) is 28.6 Å². The Kier molecular flexibility index (Phi) is 7.12. The molecule has 0 aliphatic carbocycles. The van der Waals surface area contributed by atoms with Gasteiger partial charge in [-0.05, 0) is 30.5 Å². The Balaban J connectivity index is 1.25. The SMILES string of the molecule is Fc1ccccc1CN(Cc1ccccc1F)C1CCN(c2ncnc3scc(-c4ccccc4)c23)CC1. The molecule has 3 heterocycles. The standard InChI is InChI=1S/C31H28F2N4S/c32-27-12-6-4-10-23(27)18-37(19-24-11-5-7-13-28(24)33)25-14-16-36(17-15-25)30-29-26(22-8-2-1-3-9-22)20-38-31(29)35-21-34-30/h1-13,20-21,25H,14-19H2. The third-order valence-corrected chi connectivity index (χ3v) is 8.26. The molecule has 0 saturated carbocycles. The summed E-state index contributed by atoms with van der Waals surface area (Å²) in [5.41, 5.74) is 3.58. The molecule has 0 unspecified atom stereocenters. The summed E-state index contributed by atoms with van der Waals surface area (Å²) in [6, 6.07) is 24.3. The van der Waals surface area contributed by atoms with Crippen molar-refractivity contribution in [1.82, 2.24) is 14.9 Å². The van der Waals surface area contributed by atoms with E-state index in [0.29, 0.717) is 24.2 Å². The Labute approximate surface area is 225 Å². The molecule has 5 aromatic rings. The van der Waals surface area contributed by atoms with E-state index >= 15 is 0 Å². The molecule has 38 heavy (non-hydrogen) atoms. The van der Waals surface area contributed by atoms with Crippen LogP contribution in [0.3, 0.4) is 0 Å². The molecule has 1 fully saturated rings. The van der Waals surface area contributed by atoms with Crippen LogP contribution in [0.1, 0.15) is 24.0 Å². The van der Waals surface area contributed by atoms with Crippen LogP contribution in [0.15, 0.2) is 90.6 Å². The largest absolute Gasteiger partial charge is 0.356 e. The van der Waals surface area contributed by atoms with E-state index < -0.39 is 0 Å². The normalized spacial score (nSPS) is 14.4. The van der Waals surface area contributed by atoms with Crippen molar-refractivity contribution in [3.8, 4) is 11.1 Å². The molecule has 6 rings (SSSR count). The van der Waals surface area contributed by atoms with Crippen LogP contribution < -0.4 is 4.90 Å². The summed E-state index contributed by atoms with van der Waals surface area (Å²) >= 11 is 1.64. The molecule has 3 aromatic carbocycles. The zero-order chi connectivity index (χ0) is 25.9. The lowest BCUT2D eigenvalue weighted by Crippen LogP contribution is -2.45. The topological polar surface area (TPSA) is 32.3 Å². The first-order valence-electron chi connectivity index (χ1n) is 12.9. The first-order chi connectivity index (χ1) is 18.7. The summed E-state index contributed by atoms with van der Waals surface area (Å²) < 4.78 is 29.2. The van der Waals surface area contributed by atoms with Crippen LogP contribution in [0.2, 0.25) is 0 Å². The first kappa shape index (κ1) is 24.6. The molecule has 1 aliphatic heterocycles. The number of hydrogen-bond acceptors (Lipinski definition) is 5. The fourth-order valence-electron chi connectivity index (χ4n) is 5.38. The van der Waals surface area contributed by atoms with E-state index in [2.05, 4.69) is 32.3 Å². The lowest BCUT2D eigenvalue weighted by Gasteiger charge is -2.39. The quantitative estimate of drug-likeness (QED) is 0.223.